The molecule has 0 saturated heterocycles. The fourth-order valence-electron chi connectivity index (χ4n) is 4.23. The van der Waals surface area contributed by atoms with E-state index in [1.54, 1.807) is 12.4 Å². The first-order chi connectivity index (χ1) is 19.2. The van der Waals surface area contributed by atoms with Gasteiger partial charge >= 0.3 is 5.97 Å². The summed E-state index contributed by atoms with van der Waals surface area (Å²) in [5.41, 5.74) is 8.74. The van der Waals surface area contributed by atoms with Crippen molar-refractivity contribution in [3.8, 4) is 0 Å². The molecule has 1 aromatic carbocycles. The highest BCUT2D eigenvalue weighted by atomic mass is 16.4. The standard InChI is InChI=1S/C26H31N9O5/c1-14(33-24(37)19(27)7-16-10-28-12-31-16)23(36)34-21(6-15-9-30-20-5-3-2-4-18(15)20)25(38)35-22(26(39)40)8-17-11-29-13-32-17/h2-5,9-14,19,21-22,30H,6-8,27H2,1H3,(H,28,31)(H,29,32)(H,33,37)(H,34,36)(H,35,38)(H,39,40). The lowest BCUT2D eigenvalue weighted by Crippen LogP contribution is -2.57. The molecule has 3 amide bonds. The fraction of sp³-hybridized carbons (Fsp3) is 0.308. The molecule has 14 nitrogen and oxygen atoms in total. The van der Waals surface area contributed by atoms with Crippen LogP contribution in [0.4, 0.5) is 0 Å². The van der Waals surface area contributed by atoms with Gasteiger partial charge in [-0.3, -0.25) is 14.4 Å². The molecule has 0 aliphatic rings. The third-order valence-electron chi connectivity index (χ3n) is 6.41. The van der Waals surface area contributed by atoms with E-state index >= 15 is 0 Å². The summed E-state index contributed by atoms with van der Waals surface area (Å²) < 4.78 is 0. The molecule has 40 heavy (non-hydrogen) atoms. The van der Waals surface area contributed by atoms with Gasteiger partial charge in [0.2, 0.25) is 17.7 Å². The number of benzene rings is 1. The van der Waals surface area contributed by atoms with Gasteiger partial charge in [-0.2, -0.15) is 0 Å². The second-order valence-electron chi connectivity index (χ2n) is 9.42. The Morgan fingerprint density at radius 1 is 0.850 bits per heavy atom. The minimum Gasteiger partial charge on any atom is -0.480 e. The van der Waals surface area contributed by atoms with Gasteiger partial charge in [0.25, 0.3) is 0 Å². The molecule has 3 heterocycles. The Labute approximate surface area is 228 Å². The third-order valence-corrected chi connectivity index (χ3v) is 6.41. The average Bonchev–Trinajstić information content (AvgIpc) is 3.71. The molecule has 0 radical (unpaired) electrons. The Bertz CT molecular complexity index is 1450. The molecular formula is C26H31N9O5. The van der Waals surface area contributed by atoms with Crippen molar-refractivity contribution in [1.82, 2.24) is 40.9 Å². The Morgan fingerprint density at radius 2 is 1.50 bits per heavy atom. The van der Waals surface area contributed by atoms with Gasteiger partial charge in [0.05, 0.1) is 18.7 Å². The lowest BCUT2D eigenvalue weighted by Gasteiger charge is -2.23. The summed E-state index contributed by atoms with van der Waals surface area (Å²) in [4.78, 5) is 67.5. The molecular weight excluding hydrogens is 518 g/mol. The second-order valence-corrected chi connectivity index (χ2v) is 9.42. The molecule has 0 aliphatic heterocycles. The topological polar surface area (TPSA) is 224 Å². The number of aromatic amines is 3. The van der Waals surface area contributed by atoms with Crippen molar-refractivity contribution in [2.24, 2.45) is 5.73 Å². The van der Waals surface area contributed by atoms with Crippen LogP contribution in [0.15, 0.2) is 55.5 Å². The zero-order valence-electron chi connectivity index (χ0n) is 21.7. The smallest absolute Gasteiger partial charge is 0.326 e. The monoisotopic (exact) mass is 549 g/mol. The molecule has 0 spiro atoms. The first-order valence-corrected chi connectivity index (χ1v) is 12.6. The number of hydrogen-bond acceptors (Lipinski definition) is 7. The normalized spacial score (nSPS) is 14.2. The van der Waals surface area contributed by atoms with Crippen molar-refractivity contribution >= 4 is 34.6 Å². The Kier molecular flexibility index (Phi) is 8.91. The SMILES string of the molecule is CC(NC(=O)C(N)Cc1cnc[nH]1)C(=O)NC(Cc1c[nH]c2ccccc12)C(=O)NC(Cc1cnc[nH]1)C(=O)O. The van der Waals surface area contributed by atoms with Crippen LogP contribution in [0, 0.1) is 0 Å². The van der Waals surface area contributed by atoms with Crippen LogP contribution in [-0.2, 0) is 38.4 Å². The number of rotatable bonds is 13. The Hall–Kier alpha value is -4.98. The molecule has 14 heteroatoms. The largest absolute Gasteiger partial charge is 0.480 e. The number of carbonyl (C=O) groups is 4. The zero-order valence-corrected chi connectivity index (χ0v) is 21.7. The predicted molar refractivity (Wildman–Crippen MR) is 144 cm³/mol. The lowest BCUT2D eigenvalue weighted by molar-refractivity contribution is -0.142. The number of nitrogens with zero attached hydrogens (tertiary/aromatic N) is 2. The first kappa shape index (κ1) is 28.0. The van der Waals surface area contributed by atoms with Crippen LogP contribution < -0.4 is 21.7 Å². The minimum atomic E-state index is -1.27. The number of fused-ring (bicyclic) bond motifs is 1. The molecule has 4 unspecified atom stereocenters. The number of H-pyrrole nitrogens is 3. The molecule has 4 rings (SSSR count). The van der Waals surface area contributed by atoms with Crippen LogP contribution in [0.3, 0.4) is 0 Å². The summed E-state index contributed by atoms with van der Waals surface area (Å²) in [5, 5.41) is 18.3. The lowest BCUT2D eigenvalue weighted by atomic mass is 10.0. The van der Waals surface area contributed by atoms with E-state index in [1.807, 2.05) is 24.3 Å². The van der Waals surface area contributed by atoms with E-state index in [-0.39, 0.29) is 19.3 Å². The maximum atomic E-state index is 13.4. The van der Waals surface area contributed by atoms with E-state index in [1.165, 1.54) is 25.8 Å². The van der Waals surface area contributed by atoms with Gasteiger partial charge in [-0.25, -0.2) is 14.8 Å². The highest BCUT2D eigenvalue weighted by Gasteiger charge is 2.30. The van der Waals surface area contributed by atoms with Gasteiger partial charge in [-0.15, -0.1) is 0 Å². The van der Waals surface area contributed by atoms with Crippen molar-refractivity contribution in [3.63, 3.8) is 0 Å². The van der Waals surface area contributed by atoms with Gasteiger partial charge in [-0.05, 0) is 18.6 Å². The van der Waals surface area contributed by atoms with E-state index < -0.39 is 47.9 Å². The minimum absolute atomic E-state index is 0.0322. The molecule has 4 aromatic rings. The number of carboxylic acid groups (broad SMARTS) is 1. The van der Waals surface area contributed by atoms with E-state index in [0.29, 0.717) is 11.4 Å². The summed E-state index contributed by atoms with van der Waals surface area (Å²) in [6, 6.07) is 3.09. The molecule has 3 aromatic heterocycles. The van der Waals surface area contributed by atoms with Crippen LogP contribution in [0.2, 0.25) is 0 Å². The molecule has 210 valence electrons. The van der Waals surface area contributed by atoms with Crippen LogP contribution >= 0.6 is 0 Å². The predicted octanol–water partition coefficient (Wildman–Crippen LogP) is -0.472. The summed E-state index contributed by atoms with van der Waals surface area (Å²) in [7, 11) is 0. The van der Waals surface area contributed by atoms with Crippen molar-refractivity contribution < 1.29 is 24.3 Å². The Morgan fingerprint density at radius 3 is 2.15 bits per heavy atom. The fourth-order valence-corrected chi connectivity index (χ4v) is 4.23. The molecule has 0 fully saturated rings. The zero-order chi connectivity index (χ0) is 28.6. The number of imidazole rings is 2. The summed E-state index contributed by atoms with van der Waals surface area (Å²) in [6.45, 7) is 1.47. The van der Waals surface area contributed by atoms with E-state index in [2.05, 4.69) is 40.9 Å². The number of aliphatic carboxylic acids is 1. The number of nitrogens with one attached hydrogen (secondary N) is 6. The van der Waals surface area contributed by atoms with Crippen LogP contribution in [0.1, 0.15) is 23.9 Å². The second kappa shape index (κ2) is 12.7. The van der Waals surface area contributed by atoms with Gasteiger partial charge in [-0.1, -0.05) is 18.2 Å². The van der Waals surface area contributed by atoms with Gasteiger partial charge < -0.3 is 41.7 Å². The summed E-state index contributed by atoms with van der Waals surface area (Å²) in [6.07, 6.45) is 7.86. The number of nitrogens with two attached hydrogens (primary N) is 1. The number of amides is 3. The quantitative estimate of drug-likeness (QED) is 0.109. The maximum absolute atomic E-state index is 13.4. The van der Waals surface area contributed by atoms with Crippen molar-refractivity contribution in [3.05, 3.63) is 72.5 Å². The van der Waals surface area contributed by atoms with Gasteiger partial charge in [0.15, 0.2) is 0 Å². The van der Waals surface area contributed by atoms with Crippen LogP contribution in [-0.4, -0.2) is 77.9 Å². The average molecular weight is 550 g/mol. The highest BCUT2D eigenvalue weighted by molar-refractivity contribution is 5.94. The number of carboxylic acids is 1. The molecule has 0 bridgehead atoms. The maximum Gasteiger partial charge on any atom is 0.326 e. The highest BCUT2D eigenvalue weighted by Crippen LogP contribution is 2.19. The molecule has 9 N–H and O–H groups in total. The van der Waals surface area contributed by atoms with Crippen molar-refractivity contribution in [1.29, 1.82) is 0 Å². The third kappa shape index (κ3) is 7.11. The summed E-state index contributed by atoms with van der Waals surface area (Å²) >= 11 is 0. The first-order valence-electron chi connectivity index (χ1n) is 12.6. The molecule has 4 atom stereocenters. The van der Waals surface area contributed by atoms with Crippen molar-refractivity contribution in [2.75, 3.05) is 0 Å². The van der Waals surface area contributed by atoms with E-state index in [9.17, 15) is 24.3 Å². The summed E-state index contributed by atoms with van der Waals surface area (Å²) in [5.74, 6) is -3.13. The van der Waals surface area contributed by atoms with E-state index in [4.69, 9.17) is 5.73 Å². The van der Waals surface area contributed by atoms with E-state index in [0.717, 1.165) is 16.5 Å². The molecule has 0 aliphatic carbocycles. The number of aromatic nitrogens is 5. The number of hydrogen-bond donors (Lipinski definition) is 8. The van der Waals surface area contributed by atoms with Crippen molar-refractivity contribution in [2.45, 2.75) is 50.4 Å². The van der Waals surface area contributed by atoms with Crippen LogP contribution in [0.5, 0.6) is 0 Å². The van der Waals surface area contributed by atoms with Gasteiger partial charge in [0.1, 0.15) is 18.1 Å². The Balaban J connectivity index is 1.47. The number of carbonyl (C=O) groups excluding carboxylic acids is 3. The number of para-hydroxylation sites is 1. The van der Waals surface area contributed by atoms with Gasteiger partial charge in [0, 0.05) is 60.1 Å². The van der Waals surface area contributed by atoms with Crippen LogP contribution in [0.25, 0.3) is 10.9 Å². The molecule has 0 saturated carbocycles.